The zero-order chi connectivity index (χ0) is 19.4. The van der Waals surface area contributed by atoms with Gasteiger partial charge in [-0.25, -0.2) is 9.97 Å². The lowest BCUT2D eigenvalue weighted by atomic mass is 9.88. The number of nitrogens with zero attached hydrogens (tertiary/aromatic N) is 2. The van der Waals surface area contributed by atoms with Crippen LogP contribution in [0.25, 0.3) is 22.6 Å². The number of hydrogen-bond donors (Lipinski definition) is 3. The highest BCUT2D eigenvalue weighted by atomic mass is 35.5. The Morgan fingerprint density at radius 2 is 2.14 bits per heavy atom. The number of allylic oxidation sites excluding steroid dienone is 1. The highest BCUT2D eigenvalue weighted by Gasteiger charge is 2.47. The van der Waals surface area contributed by atoms with Gasteiger partial charge in [-0.05, 0) is 31.2 Å². The molecule has 4 unspecified atom stereocenters. The van der Waals surface area contributed by atoms with Crippen LogP contribution in [0, 0.1) is 24.7 Å². The van der Waals surface area contributed by atoms with Gasteiger partial charge in [0.1, 0.15) is 11.3 Å². The first-order valence-electron chi connectivity index (χ1n) is 9.36. The van der Waals surface area contributed by atoms with Crippen molar-refractivity contribution >= 4 is 34.4 Å². The minimum absolute atomic E-state index is 0.0821. The molecular weight excluding hydrogens is 374 g/mol. The van der Waals surface area contributed by atoms with Gasteiger partial charge in [0.25, 0.3) is 0 Å². The van der Waals surface area contributed by atoms with Gasteiger partial charge in [0, 0.05) is 11.6 Å². The van der Waals surface area contributed by atoms with Crippen LogP contribution in [0.1, 0.15) is 12.0 Å². The molecule has 1 saturated carbocycles. The van der Waals surface area contributed by atoms with Crippen LogP contribution in [0.3, 0.4) is 0 Å². The van der Waals surface area contributed by atoms with Crippen molar-refractivity contribution in [3.05, 3.63) is 53.2 Å². The first-order valence-corrected chi connectivity index (χ1v) is 9.74. The number of aromatic nitrogens is 3. The highest BCUT2D eigenvalue weighted by molar-refractivity contribution is 6.34. The van der Waals surface area contributed by atoms with Crippen molar-refractivity contribution < 1.29 is 4.79 Å². The van der Waals surface area contributed by atoms with Crippen LogP contribution < -0.4 is 11.1 Å². The van der Waals surface area contributed by atoms with E-state index in [1.54, 1.807) is 6.20 Å². The van der Waals surface area contributed by atoms with Gasteiger partial charge in [-0.3, -0.25) is 4.79 Å². The van der Waals surface area contributed by atoms with Gasteiger partial charge in [-0.2, -0.15) is 0 Å². The van der Waals surface area contributed by atoms with E-state index in [9.17, 15) is 4.79 Å². The fourth-order valence-electron chi connectivity index (χ4n) is 4.58. The minimum atomic E-state index is -0.277. The van der Waals surface area contributed by atoms with E-state index in [2.05, 4.69) is 38.5 Å². The van der Waals surface area contributed by atoms with Crippen LogP contribution >= 0.6 is 11.6 Å². The van der Waals surface area contributed by atoms with E-state index in [1.165, 1.54) is 0 Å². The number of halogens is 1. The Kier molecular flexibility index (Phi) is 3.91. The van der Waals surface area contributed by atoms with Gasteiger partial charge >= 0.3 is 0 Å². The molecule has 142 valence electrons. The Morgan fingerprint density at radius 1 is 1.32 bits per heavy atom. The molecule has 1 amide bonds. The van der Waals surface area contributed by atoms with E-state index >= 15 is 0 Å². The fraction of sp³-hybridized carbons (Fsp3) is 0.286. The van der Waals surface area contributed by atoms with E-state index in [0.29, 0.717) is 10.7 Å². The molecule has 0 saturated heterocycles. The quantitative estimate of drug-likeness (QED) is 0.589. The molecule has 4 N–H and O–H groups in total. The first-order chi connectivity index (χ1) is 13.5. The van der Waals surface area contributed by atoms with Crippen LogP contribution in [0.4, 0.5) is 5.69 Å². The number of aromatic amines is 1. The second-order valence-corrected chi connectivity index (χ2v) is 8.09. The smallest absolute Gasteiger partial charge is 0.223 e. The number of rotatable bonds is 4. The molecule has 28 heavy (non-hydrogen) atoms. The molecular formula is C21H20ClN5O. The highest BCUT2D eigenvalue weighted by Crippen LogP contribution is 2.46. The second kappa shape index (κ2) is 6.34. The van der Waals surface area contributed by atoms with E-state index < -0.39 is 0 Å². The number of hydrogen-bond acceptors (Lipinski definition) is 4. The summed E-state index contributed by atoms with van der Waals surface area (Å²) >= 11 is 6.48. The Bertz CT molecular complexity index is 1120. The summed E-state index contributed by atoms with van der Waals surface area (Å²) in [5.74, 6) is 0.673. The number of H-pyrrole nitrogens is 1. The largest absolute Gasteiger partial charge is 0.378 e. The number of aryl methyl sites for hydroxylation is 1. The van der Waals surface area contributed by atoms with Gasteiger partial charge in [-0.1, -0.05) is 47.5 Å². The Balaban J connectivity index is 1.57. The summed E-state index contributed by atoms with van der Waals surface area (Å²) in [4.78, 5) is 24.4. The predicted octanol–water partition coefficient (Wildman–Crippen LogP) is 3.67. The Labute approximate surface area is 167 Å². The summed E-state index contributed by atoms with van der Waals surface area (Å²) in [6, 6.07) is 8.03. The van der Waals surface area contributed by atoms with Crippen LogP contribution in [0.5, 0.6) is 0 Å². The molecule has 1 fully saturated rings. The molecule has 2 heterocycles. The predicted molar refractivity (Wildman–Crippen MR) is 110 cm³/mol. The number of carbonyl (C=O) groups excluding carboxylic acids is 1. The maximum Gasteiger partial charge on any atom is 0.223 e. The van der Waals surface area contributed by atoms with Crippen molar-refractivity contribution in [2.45, 2.75) is 19.4 Å². The minimum Gasteiger partial charge on any atom is -0.378 e. The molecule has 2 aromatic heterocycles. The van der Waals surface area contributed by atoms with Gasteiger partial charge in [0.2, 0.25) is 5.91 Å². The Hall–Kier alpha value is -2.86. The normalized spacial score (nSPS) is 25.5. The lowest BCUT2D eigenvalue weighted by Crippen LogP contribution is -2.41. The average Bonchev–Trinajstić information content (AvgIpc) is 3.38. The van der Waals surface area contributed by atoms with Crippen LogP contribution in [0.2, 0.25) is 5.02 Å². The van der Waals surface area contributed by atoms with Gasteiger partial charge in [0.15, 0.2) is 5.65 Å². The standard InChI is InChI=1S/C21H20ClN5O/c1-10-3-2-4-13(7-10)20-26-18-17(14(22)9-24-21(18)27-20)25-16-12-6-5-11(8-12)15(16)19(23)28/h2-7,9,11-12,15-16H,8H2,1H3,(H2,23,28)(H2,24,25,26,27). The maximum atomic E-state index is 12.0. The number of benzene rings is 1. The van der Waals surface area contributed by atoms with E-state index in [-0.39, 0.29) is 29.7 Å². The number of fused-ring (bicyclic) bond motifs is 3. The third kappa shape index (κ3) is 2.67. The number of imidazole rings is 1. The summed E-state index contributed by atoms with van der Waals surface area (Å²) in [5, 5.41) is 3.98. The monoisotopic (exact) mass is 393 g/mol. The summed E-state index contributed by atoms with van der Waals surface area (Å²) < 4.78 is 0. The van der Waals surface area contributed by atoms with Crippen molar-refractivity contribution in [3.63, 3.8) is 0 Å². The molecule has 6 nitrogen and oxygen atoms in total. The number of primary amides is 1. The molecule has 0 aliphatic heterocycles. The van der Waals surface area contributed by atoms with E-state index in [0.717, 1.165) is 34.6 Å². The lowest BCUT2D eigenvalue weighted by molar-refractivity contribution is -0.122. The molecule has 4 atom stereocenters. The molecule has 3 aromatic rings. The number of carbonyl (C=O) groups is 1. The molecule has 2 bridgehead atoms. The average molecular weight is 394 g/mol. The van der Waals surface area contributed by atoms with E-state index in [1.807, 2.05) is 25.1 Å². The molecule has 7 heteroatoms. The number of amides is 1. The topological polar surface area (TPSA) is 96.7 Å². The zero-order valence-electron chi connectivity index (χ0n) is 15.3. The molecule has 2 aliphatic rings. The van der Waals surface area contributed by atoms with Crippen molar-refractivity contribution in [2.24, 2.45) is 23.5 Å². The maximum absolute atomic E-state index is 12.0. The summed E-state index contributed by atoms with van der Waals surface area (Å²) in [7, 11) is 0. The third-order valence-corrected chi connectivity index (χ3v) is 6.15. The Morgan fingerprint density at radius 3 is 2.93 bits per heavy atom. The van der Waals surface area contributed by atoms with Crippen molar-refractivity contribution in [2.75, 3.05) is 5.32 Å². The first kappa shape index (κ1) is 17.3. The van der Waals surface area contributed by atoms with Crippen molar-refractivity contribution in [1.29, 1.82) is 0 Å². The van der Waals surface area contributed by atoms with Crippen LogP contribution in [-0.4, -0.2) is 26.9 Å². The SMILES string of the molecule is Cc1cccc(-c2nc3ncc(Cl)c(NC4C5C=CC(C5)C4C(N)=O)c3[nH]2)c1. The van der Waals surface area contributed by atoms with Crippen LogP contribution in [0.15, 0.2) is 42.6 Å². The molecule has 0 spiro atoms. The summed E-state index contributed by atoms with van der Waals surface area (Å²) in [6.07, 6.45) is 6.80. The summed E-state index contributed by atoms with van der Waals surface area (Å²) in [6.45, 7) is 2.04. The molecule has 2 aliphatic carbocycles. The summed E-state index contributed by atoms with van der Waals surface area (Å²) in [5.41, 5.74) is 9.87. The van der Waals surface area contributed by atoms with Crippen molar-refractivity contribution in [3.8, 4) is 11.4 Å². The number of pyridine rings is 1. The fourth-order valence-corrected chi connectivity index (χ4v) is 4.78. The lowest BCUT2D eigenvalue weighted by Gasteiger charge is -2.28. The second-order valence-electron chi connectivity index (χ2n) is 7.68. The number of nitrogens with two attached hydrogens (primary N) is 1. The zero-order valence-corrected chi connectivity index (χ0v) is 16.1. The molecule has 0 radical (unpaired) electrons. The van der Waals surface area contributed by atoms with Gasteiger partial charge in [-0.15, -0.1) is 0 Å². The molecule has 1 aromatic carbocycles. The van der Waals surface area contributed by atoms with Gasteiger partial charge in [0.05, 0.1) is 22.8 Å². The van der Waals surface area contributed by atoms with E-state index in [4.69, 9.17) is 17.3 Å². The van der Waals surface area contributed by atoms with Crippen LogP contribution in [-0.2, 0) is 4.79 Å². The molecule has 5 rings (SSSR count). The third-order valence-electron chi connectivity index (χ3n) is 5.86. The number of nitrogens with one attached hydrogen (secondary N) is 2. The van der Waals surface area contributed by atoms with Crippen molar-refractivity contribution in [1.82, 2.24) is 15.0 Å². The van der Waals surface area contributed by atoms with Gasteiger partial charge < -0.3 is 16.0 Å². The number of anilines is 1.